The minimum absolute atomic E-state index is 0. The van der Waals surface area contributed by atoms with Gasteiger partial charge in [-0.05, 0) is 61.2 Å². The van der Waals surface area contributed by atoms with E-state index >= 15 is 0 Å². The number of nitrogens with one attached hydrogen (secondary N) is 1. The van der Waals surface area contributed by atoms with Crippen molar-refractivity contribution < 1.29 is 39.2 Å². The summed E-state index contributed by atoms with van der Waals surface area (Å²) in [5.41, 5.74) is -7.12. The highest BCUT2D eigenvalue weighted by Crippen LogP contribution is 2.55. The van der Waals surface area contributed by atoms with Crippen molar-refractivity contribution in [2.24, 2.45) is 0 Å². The molecule has 0 spiro atoms. The van der Waals surface area contributed by atoms with Gasteiger partial charge in [0.05, 0.1) is 4.90 Å². The lowest BCUT2D eigenvalue weighted by Crippen LogP contribution is -2.51. The van der Waals surface area contributed by atoms with Crippen molar-refractivity contribution in [1.82, 2.24) is 5.32 Å². The summed E-state index contributed by atoms with van der Waals surface area (Å²) in [5.74, 6) is 0. The summed E-state index contributed by atoms with van der Waals surface area (Å²) in [6, 6.07) is 7.05. The molecule has 13 heteroatoms. The molecule has 4 rings (SSSR count). The van der Waals surface area contributed by atoms with E-state index in [1.165, 1.54) is 24.3 Å². The van der Waals surface area contributed by atoms with Crippen LogP contribution in [0.2, 0.25) is 0 Å². The number of sulfone groups is 1. The number of hydrogen-bond donors (Lipinski definition) is 1. The fraction of sp³-hybridized carbons (Fsp3) is 0.429. The first-order chi connectivity index (χ1) is 15.2. The van der Waals surface area contributed by atoms with Gasteiger partial charge in [-0.25, -0.2) is 12.8 Å². The second-order valence-corrected chi connectivity index (χ2v) is 11.3. The largest absolute Gasteiger partial charge is 0.435 e. The molecule has 2 aliphatic rings. The van der Waals surface area contributed by atoms with Crippen molar-refractivity contribution in [3.05, 3.63) is 63.6 Å². The Balaban J connectivity index is 0.00000324. The van der Waals surface area contributed by atoms with Gasteiger partial charge in [0.1, 0.15) is 4.75 Å². The quantitative estimate of drug-likeness (QED) is 0.434. The van der Waals surface area contributed by atoms with E-state index in [4.69, 9.17) is 0 Å². The highest BCUT2D eigenvalue weighted by Gasteiger charge is 2.73. The molecule has 1 aliphatic carbocycles. The van der Waals surface area contributed by atoms with Crippen LogP contribution in [0, 0.1) is 0 Å². The van der Waals surface area contributed by atoms with Crippen LogP contribution < -0.4 is 5.32 Å². The predicted octanol–water partition coefficient (Wildman–Crippen LogP) is 6.14. The average molecular weight is 597 g/mol. The maximum atomic E-state index is 14.6. The van der Waals surface area contributed by atoms with Gasteiger partial charge in [-0.15, -0.1) is 12.4 Å². The van der Waals surface area contributed by atoms with E-state index in [0.717, 1.165) is 6.07 Å². The second kappa shape index (κ2) is 8.63. The zero-order valence-electron chi connectivity index (χ0n) is 17.1. The van der Waals surface area contributed by atoms with E-state index in [2.05, 4.69) is 21.2 Å². The summed E-state index contributed by atoms with van der Waals surface area (Å²) in [5, 5.41) is 3.10. The van der Waals surface area contributed by atoms with Gasteiger partial charge in [0.2, 0.25) is 0 Å². The third-order valence-corrected chi connectivity index (χ3v) is 9.59. The van der Waals surface area contributed by atoms with Crippen molar-refractivity contribution >= 4 is 38.2 Å². The minimum atomic E-state index is -6.24. The number of fused-ring (bicyclic) bond motifs is 3. The Kier molecular flexibility index (Phi) is 6.91. The number of hydrogen-bond acceptors (Lipinski definition) is 3. The molecule has 0 saturated carbocycles. The van der Waals surface area contributed by atoms with E-state index in [0.29, 0.717) is 23.2 Å². The second-order valence-electron chi connectivity index (χ2n) is 8.17. The summed E-state index contributed by atoms with van der Waals surface area (Å²) in [6.45, 7) is 0.291. The van der Waals surface area contributed by atoms with Crippen LogP contribution in [0.4, 0.5) is 30.7 Å². The van der Waals surface area contributed by atoms with Gasteiger partial charge < -0.3 is 5.32 Å². The number of benzene rings is 2. The van der Waals surface area contributed by atoms with E-state index < -0.39 is 44.2 Å². The highest BCUT2D eigenvalue weighted by atomic mass is 79.9. The number of halogens is 9. The van der Waals surface area contributed by atoms with Crippen molar-refractivity contribution in [3.8, 4) is 0 Å². The molecule has 0 aromatic heterocycles. The van der Waals surface area contributed by atoms with Crippen LogP contribution in [0.3, 0.4) is 0 Å². The van der Waals surface area contributed by atoms with Crippen molar-refractivity contribution in [3.63, 3.8) is 0 Å². The van der Waals surface area contributed by atoms with Gasteiger partial charge in [-0.1, -0.05) is 34.1 Å². The first kappa shape index (κ1) is 27.2. The monoisotopic (exact) mass is 595 g/mol. The molecule has 1 fully saturated rings. The molecule has 1 heterocycles. The zero-order chi connectivity index (χ0) is 24.4. The lowest BCUT2D eigenvalue weighted by atomic mass is 9.77. The molecule has 0 radical (unpaired) electrons. The van der Waals surface area contributed by atoms with Crippen LogP contribution >= 0.6 is 28.3 Å². The molecular formula is C21H18BrClF7NO2S. The van der Waals surface area contributed by atoms with Crippen LogP contribution in [0.1, 0.15) is 29.5 Å². The van der Waals surface area contributed by atoms with Crippen LogP contribution in [-0.4, -0.2) is 33.4 Å². The Morgan fingerprint density at radius 2 is 1.53 bits per heavy atom. The third-order valence-electron chi connectivity index (χ3n) is 6.50. The molecule has 1 N–H and O–H groups in total. The Bertz CT molecular complexity index is 1170. The summed E-state index contributed by atoms with van der Waals surface area (Å²) in [6.07, 6.45) is -12.3. The van der Waals surface area contributed by atoms with Crippen LogP contribution in [-0.2, 0) is 26.7 Å². The van der Waals surface area contributed by atoms with Gasteiger partial charge >= 0.3 is 18.0 Å². The van der Waals surface area contributed by atoms with Crippen molar-refractivity contribution in [2.45, 2.75) is 53.0 Å². The fourth-order valence-electron chi connectivity index (χ4n) is 4.93. The molecule has 1 aliphatic heterocycles. The van der Waals surface area contributed by atoms with E-state index in [1.54, 1.807) is 0 Å². The Morgan fingerprint density at radius 1 is 0.941 bits per heavy atom. The molecule has 2 aromatic rings. The SMILES string of the molecule is Cl.O=S(=O)(c1ccc(Br)cc1)C12CCNC1CCc1cc(C(F)(C(F)(F)F)C(F)(F)F)ccc12. The normalized spacial score (nSPS) is 23.1. The first-order valence-electron chi connectivity index (χ1n) is 9.86. The highest BCUT2D eigenvalue weighted by molar-refractivity contribution is 9.10. The molecular weight excluding hydrogens is 579 g/mol. The van der Waals surface area contributed by atoms with Crippen LogP contribution in [0.5, 0.6) is 0 Å². The van der Waals surface area contributed by atoms with Gasteiger partial charge in [-0.3, -0.25) is 0 Å². The van der Waals surface area contributed by atoms with Gasteiger partial charge in [0.25, 0.3) is 0 Å². The molecule has 2 aromatic carbocycles. The van der Waals surface area contributed by atoms with Gasteiger partial charge in [0, 0.05) is 16.1 Å². The molecule has 3 nitrogen and oxygen atoms in total. The fourth-order valence-corrected chi connectivity index (χ4v) is 7.55. The first-order valence-corrected chi connectivity index (χ1v) is 12.1. The minimum Gasteiger partial charge on any atom is -0.312 e. The van der Waals surface area contributed by atoms with E-state index in [9.17, 15) is 39.2 Å². The molecule has 34 heavy (non-hydrogen) atoms. The predicted molar refractivity (Wildman–Crippen MR) is 116 cm³/mol. The summed E-state index contributed by atoms with van der Waals surface area (Å²) in [4.78, 5) is -0.0262. The molecule has 188 valence electrons. The van der Waals surface area contributed by atoms with Crippen LogP contribution in [0.25, 0.3) is 0 Å². The lowest BCUT2D eigenvalue weighted by Gasteiger charge is -2.41. The maximum Gasteiger partial charge on any atom is 0.435 e. The molecule has 0 amide bonds. The maximum absolute atomic E-state index is 14.6. The molecule has 2 atom stereocenters. The average Bonchev–Trinajstić information content (AvgIpc) is 3.17. The zero-order valence-corrected chi connectivity index (χ0v) is 20.3. The Labute approximate surface area is 205 Å². The van der Waals surface area contributed by atoms with Crippen LogP contribution in [0.15, 0.2) is 51.8 Å². The topological polar surface area (TPSA) is 46.2 Å². The van der Waals surface area contributed by atoms with Gasteiger partial charge in [0.15, 0.2) is 9.84 Å². The third kappa shape index (κ3) is 3.75. The summed E-state index contributed by atoms with van der Waals surface area (Å²) < 4.78 is 121. The number of alkyl halides is 7. The number of rotatable bonds is 3. The lowest BCUT2D eigenvalue weighted by molar-refractivity contribution is -0.348. The van der Waals surface area contributed by atoms with Gasteiger partial charge in [-0.2, -0.15) is 26.3 Å². The molecule has 0 bridgehead atoms. The standard InChI is InChI=1S/C21H17BrF7NO2S.ClH/c22-14-3-5-15(6-4-14)33(31,32)18-9-10-30-17(18)8-1-12-11-13(2-7-16(12)18)19(23,20(24,25)26)21(27,28)29;/h2-7,11,17,30H,1,8-10H2;1H. The number of aryl methyl sites for hydroxylation is 1. The Morgan fingerprint density at radius 3 is 2.09 bits per heavy atom. The smallest absolute Gasteiger partial charge is 0.312 e. The van der Waals surface area contributed by atoms with E-state index in [1.807, 2.05) is 0 Å². The summed E-state index contributed by atoms with van der Waals surface area (Å²) in [7, 11) is -4.12. The molecule has 1 saturated heterocycles. The van der Waals surface area contributed by atoms with Crippen molar-refractivity contribution in [1.29, 1.82) is 0 Å². The summed E-state index contributed by atoms with van der Waals surface area (Å²) >= 11 is 3.22. The Hall–Kier alpha value is -1.37. The van der Waals surface area contributed by atoms with Crippen molar-refractivity contribution in [2.75, 3.05) is 6.54 Å². The van der Waals surface area contributed by atoms with E-state index in [-0.39, 0.29) is 47.7 Å². The molecule has 2 unspecified atom stereocenters.